The van der Waals surface area contributed by atoms with Crippen LogP contribution >= 0.6 is 0 Å². The Bertz CT molecular complexity index is 468. The summed E-state index contributed by atoms with van der Waals surface area (Å²) >= 11 is 0. The Morgan fingerprint density at radius 2 is 2.00 bits per heavy atom. The molecule has 0 aliphatic carbocycles. The van der Waals surface area contributed by atoms with Crippen LogP contribution in [0.5, 0.6) is 0 Å². The van der Waals surface area contributed by atoms with E-state index in [0.717, 1.165) is 19.3 Å². The van der Waals surface area contributed by atoms with Crippen molar-refractivity contribution in [3.05, 3.63) is 35.4 Å². The van der Waals surface area contributed by atoms with Gasteiger partial charge in [0.05, 0.1) is 0 Å². The molecule has 20 heavy (non-hydrogen) atoms. The van der Waals surface area contributed by atoms with Gasteiger partial charge in [-0.15, -0.1) is 0 Å². The maximum absolute atomic E-state index is 11.8. The highest BCUT2D eigenvalue weighted by Crippen LogP contribution is 2.08. The van der Waals surface area contributed by atoms with Crippen LogP contribution in [0.1, 0.15) is 37.3 Å². The summed E-state index contributed by atoms with van der Waals surface area (Å²) in [5.41, 5.74) is 2.50. The Morgan fingerprint density at radius 1 is 1.30 bits per heavy atom. The van der Waals surface area contributed by atoms with Crippen LogP contribution in [0.3, 0.4) is 0 Å². The van der Waals surface area contributed by atoms with Gasteiger partial charge >= 0.3 is 0 Å². The molecule has 0 radical (unpaired) electrons. The normalized spacial score (nSPS) is 17.9. The molecule has 1 heterocycles. The molecule has 2 N–H and O–H groups in total. The van der Waals surface area contributed by atoms with E-state index in [1.807, 2.05) is 0 Å². The number of rotatable bonds is 6. The summed E-state index contributed by atoms with van der Waals surface area (Å²) in [5, 5.41) is 5.73. The highest BCUT2D eigenvalue weighted by molar-refractivity contribution is 5.79. The average Bonchev–Trinajstić information content (AvgIpc) is 2.89. The van der Waals surface area contributed by atoms with E-state index < -0.39 is 0 Å². The smallest absolute Gasteiger partial charge is 0.220 e. The topological polar surface area (TPSA) is 58.2 Å². The summed E-state index contributed by atoms with van der Waals surface area (Å²) in [6.07, 6.45) is 3.68. The minimum absolute atomic E-state index is 0.0470. The van der Waals surface area contributed by atoms with Gasteiger partial charge in [-0.3, -0.25) is 9.59 Å². The summed E-state index contributed by atoms with van der Waals surface area (Å²) in [6, 6.07) is 8.50. The first-order valence-corrected chi connectivity index (χ1v) is 7.31. The van der Waals surface area contributed by atoms with E-state index in [1.54, 1.807) is 0 Å². The Balaban J connectivity index is 1.67. The van der Waals surface area contributed by atoms with E-state index in [4.69, 9.17) is 0 Å². The number of nitrogens with one attached hydrogen (secondary N) is 2. The molecule has 1 aliphatic rings. The minimum Gasteiger partial charge on any atom is -0.354 e. The third-order valence-electron chi connectivity index (χ3n) is 3.70. The van der Waals surface area contributed by atoms with E-state index in [-0.39, 0.29) is 17.9 Å². The Labute approximate surface area is 119 Å². The molecular formula is C16H22N2O2. The molecule has 108 valence electrons. The molecule has 1 aliphatic heterocycles. The second-order valence-electron chi connectivity index (χ2n) is 5.28. The maximum atomic E-state index is 11.8. The Morgan fingerprint density at radius 3 is 2.60 bits per heavy atom. The largest absolute Gasteiger partial charge is 0.354 e. The van der Waals surface area contributed by atoms with Gasteiger partial charge in [-0.05, 0) is 30.4 Å². The second kappa shape index (κ2) is 7.08. The Hall–Kier alpha value is -1.84. The number of hydrogen-bond donors (Lipinski definition) is 2. The highest BCUT2D eigenvalue weighted by Gasteiger charge is 2.20. The minimum atomic E-state index is 0.0470. The van der Waals surface area contributed by atoms with Gasteiger partial charge in [0.15, 0.2) is 0 Å². The van der Waals surface area contributed by atoms with Gasteiger partial charge in [0.1, 0.15) is 0 Å². The molecule has 0 bridgehead atoms. The van der Waals surface area contributed by atoms with Gasteiger partial charge in [0, 0.05) is 25.4 Å². The van der Waals surface area contributed by atoms with Crippen LogP contribution in [0.4, 0.5) is 0 Å². The summed E-state index contributed by atoms with van der Waals surface area (Å²) in [5.74, 6) is 0.131. The van der Waals surface area contributed by atoms with Gasteiger partial charge in [-0.1, -0.05) is 31.2 Å². The van der Waals surface area contributed by atoms with Crippen LogP contribution in [0.25, 0.3) is 0 Å². The van der Waals surface area contributed by atoms with Gasteiger partial charge in [0.2, 0.25) is 11.8 Å². The number of carbonyl (C=O) groups excluding carboxylic acids is 2. The van der Waals surface area contributed by atoms with Gasteiger partial charge in [0.25, 0.3) is 0 Å². The molecule has 4 nitrogen and oxygen atoms in total. The number of benzene rings is 1. The summed E-state index contributed by atoms with van der Waals surface area (Å²) < 4.78 is 0. The predicted octanol–water partition coefficient (Wildman–Crippen LogP) is 1.58. The number of amides is 2. The second-order valence-corrected chi connectivity index (χ2v) is 5.28. The van der Waals surface area contributed by atoms with Crippen molar-refractivity contribution in [2.24, 2.45) is 0 Å². The van der Waals surface area contributed by atoms with Crippen LogP contribution in [0.15, 0.2) is 24.3 Å². The van der Waals surface area contributed by atoms with Crippen molar-refractivity contribution in [1.29, 1.82) is 0 Å². The first kappa shape index (κ1) is 14.6. The maximum Gasteiger partial charge on any atom is 0.220 e. The van der Waals surface area contributed by atoms with Crippen LogP contribution in [-0.2, 0) is 22.4 Å². The average molecular weight is 274 g/mol. The van der Waals surface area contributed by atoms with E-state index in [1.165, 1.54) is 11.1 Å². The SMILES string of the molecule is CCc1ccc(CCC(=O)NCC2CCC(=O)N2)cc1. The quantitative estimate of drug-likeness (QED) is 0.827. The number of hydrogen-bond acceptors (Lipinski definition) is 2. The molecule has 1 aromatic carbocycles. The van der Waals surface area contributed by atoms with Crippen molar-refractivity contribution in [3.8, 4) is 0 Å². The zero-order valence-electron chi connectivity index (χ0n) is 11.9. The van der Waals surface area contributed by atoms with E-state index in [9.17, 15) is 9.59 Å². The lowest BCUT2D eigenvalue weighted by molar-refractivity contribution is -0.122. The first-order chi connectivity index (χ1) is 9.67. The molecule has 0 saturated carbocycles. The number of aryl methyl sites for hydroxylation is 2. The lowest BCUT2D eigenvalue weighted by Gasteiger charge is -2.11. The molecule has 2 amide bonds. The Kier molecular flexibility index (Phi) is 5.16. The highest BCUT2D eigenvalue weighted by atomic mass is 16.2. The molecule has 1 saturated heterocycles. The number of carbonyl (C=O) groups is 2. The van der Waals surface area contributed by atoms with Crippen molar-refractivity contribution in [1.82, 2.24) is 10.6 Å². The van der Waals surface area contributed by atoms with Gasteiger partial charge in [-0.2, -0.15) is 0 Å². The van der Waals surface area contributed by atoms with Crippen LogP contribution < -0.4 is 10.6 Å². The fourth-order valence-corrected chi connectivity index (χ4v) is 2.36. The van der Waals surface area contributed by atoms with Crippen LogP contribution in [-0.4, -0.2) is 24.4 Å². The summed E-state index contributed by atoms with van der Waals surface area (Å²) in [7, 11) is 0. The van der Waals surface area contributed by atoms with Crippen molar-refractivity contribution in [3.63, 3.8) is 0 Å². The molecule has 1 fully saturated rings. The zero-order valence-corrected chi connectivity index (χ0v) is 11.9. The summed E-state index contributed by atoms with van der Waals surface area (Å²) in [4.78, 5) is 22.8. The van der Waals surface area contributed by atoms with Crippen molar-refractivity contribution in [2.75, 3.05) is 6.54 Å². The van der Waals surface area contributed by atoms with E-state index in [0.29, 0.717) is 19.4 Å². The van der Waals surface area contributed by atoms with Gasteiger partial charge < -0.3 is 10.6 Å². The zero-order chi connectivity index (χ0) is 14.4. The lowest BCUT2D eigenvalue weighted by atomic mass is 10.1. The van der Waals surface area contributed by atoms with Crippen LogP contribution in [0, 0.1) is 0 Å². The van der Waals surface area contributed by atoms with Crippen molar-refractivity contribution < 1.29 is 9.59 Å². The third-order valence-corrected chi connectivity index (χ3v) is 3.70. The van der Waals surface area contributed by atoms with Crippen LogP contribution in [0.2, 0.25) is 0 Å². The van der Waals surface area contributed by atoms with Crippen molar-refractivity contribution >= 4 is 11.8 Å². The molecule has 4 heteroatoms. The lowest BCUT2D eigenvalue weighted by Crippen LogP contribution is -2.38. The van der Waals surface area contributed by atoms with E-state index in [2.05, 4.69) is 41.8 Å². The fraction of sp³-hybridized carbons (Fsp3) is 0.500. The molecule has 0 aromatic heterocycles. The predicted molar refractivity (Wildman–Crippen MR) is 78.3 cm³/mol. The molecule has 1 atom stereocenters. The molecule has 1 unspecified atom stereocenters. The third kappa shape index (κ3) is 4.37. The molecular weight excluding hydrogens is 252 g/mol. The molecule has 2 rings (SSSR count). The van der Waals surface area contributed by atoms with Gasteiger partial charge in [-0.25, -0.2) is 0 Å². The molecule has 1 aromatic rings. The van der Waals surface area contributed by atoms with E-state index >= 15 is 0 Å². The standard InChI is InChI=1S/C16H22N2O2/c1-2-12-3-5-13(6-4-12)7-9-15(19)17-11-14-8-10-16(20)18-14/h3-6,14H,2,7-11H2,1H3,(H,17,19)(H,18,20). The molecule has 0 spiro atoms. The monoisotopic (exact) mass is 274 g/mol. The first-order valence-electron chi connectivity index (χ1n) is 7.31. The fourth-order valence-electron chi connectivity index (χ4n) is 2.36. The summed E-state index contributed by atoms with van der Waals surface area (Å²) in [6.45, 7) is 2.67. The van der Waals surface area contributed by atoms with Crippen molar-refractivity contribution in [2.45, 2.75) is 45.1 Å².